The molecule has 0 N–H and O–H groups in total. The zero-order valence-corrected chi connectivity index (χ0v) is 27.6. The Morgan fingerprint density at radius 2 is 1.86 bits per heavy atom. The van der Waals surface area contributed by atoms with Crippen LogP contribution in [0.1, 0.15) is 55.2 Å². The summed E-state index contributed by atoms with van der Waals surface area (Å²) >= 11 is 0. The molecule has 2 fully saturated rings. The van der Waals surface area contributed by atoms with Crippen LogP contribution in [-0.2, 0) is 29.2 Å². The van der Waals surface area contributed by atoms with Gasteiger partial charge in [-0.05, 0) is 66.2 Å². The highest BCUT2D eigenvalue weighted by atomic mass is 28.4. The van der Waals surface area contributed by atoms with E-state index in [2.05, 4.69) is 55.9 Å². The molecule has 1 amide bonds. The Morgan fingerprint density at radius 3 is 2.53 bits per heavy atom. The fourth-order valence-corrected chi connectivity index (χ4v) is 7.01. The molecule has 232 valence electrons. The lowest BCUT2D eigenvalue weighted by atomic mass is 9.98. The summed E-state index contributed by atoms with van der Waals surface area (Å²) in [4.78, 5) is 22.2. The number of rotatable bonds is 10. The molecule has 2 aliphatic rings. The summed E-state index contributed by atoms with van der Waals surface area (Å²) in [7, 11) is 0.109. The van der Waals surface area contributed by atoms with Gasteiger partial charge in [-0.2, -0.15) is 0 Å². The van der Waals surface area contributed by atoms with Gasteiger partial charge >= 0.3 is 0 Å². The SMILES string of the molecule is Cn1cnc(C(=O)N(Cc2ccc(F)c(-c3cccc(CCN4CC(O[Si](C)(C)C(C)(C)C)C4)c3)c2)C2CCOCC2)c1. The summed E-state index contributed by atoms with van der Waals surface area (Å²) < 4.78 is 29.1. The molecule has 43 heavy (non-hydrogen) atoms. The van der Waals surface area contributed by atoms with Gasteiger partial charge in [0.25, 0.3) is 5.91 Å². The molecular weight excluding hydrogens is 559 g/mol. The molecule has 2 aromatic carbocycles. The molecule has 7 nitrogen and oxygen atoms in total. The van der Waals surface area contributed by atoms with E-state index in [0.717, 1.165) is 50.0 Å². The van der Waals surface area contributed by atoms with Crippen molar-refractivity contribution < 1.29 is 18.3 Å². The van der Waals surface area contributed by atoms with E-state index in [-0.39, 0.29) is 22.8 Å². The number of carbonyl (C=O) groups excluding carboxylic acids is 1. The molecule has 2 aliphatic heterocycles. The van der Waals surface area contributed by atoms with E-state index < -0.39 is 8.32 Å². The summed E-state index contributed by atoms with van der Waals surface area (Å²) in [6.07, 6.45) is 6.16. The lowest BCUT2D eigenvalue weighted by Crippen LogP contribution is -2.57. The molecule has 1 aromatic heterocycles. The summed E-state index contributed by atoms with van der Waals surface area (Å²) in [5, 5.41) is 0.220. The summed E-state index contributed by atoms with van der Waals surface area (Å²) in [5.41, 5.74) is 3.91. The third-order valence-electron chi connectivity index (χ3n) is 9.35. The summed E-state index contributed by atoms with van der Waals surface area (Å²) in [6, 6.07) is 13.4. The van der Waals surface area contributed by atoms with Crippen LogP contribution < -0.4 is 0 Å². The first kappa shape index (κ1) is 31.6. The van der Waals surface area contributed by atoms with Crippen molar-refractivity contribution in [2.45, 2.75) is 76.9 Å². The minimum atomic E-state index is -1.75. The van der Waals surface area contributed by atoms with Crippen LogP contribution in [0.3, 0.4) is 0 Å². The maximum Gasteiger partial charge on any atom is 0.274 e. The van der Waals surface area contributed by atoms with Gasteiger partial charge in [0.15, 0.2) is 8.32 Å². The zero-order chi connectivity index (χ0) is 30.8. The van der Waals surface area contributed by atoms with Gasteiger partial charge in [-0.1, -0.05) is 51.1 Å². The van der Waals surface area contributed by atoms with Gasteiger partial charge in [0.2, 0.25) is 0 Å². The minimum absolute atomic E-state index is 0.0495. The van der Waals surface area contributed by atoms with Crippen LogP contribution in [-0.4, -0.2) is 78.6 Å². The third-order valence-corrected chi connectivity index (χ3v) is 13.9. The average Bonchev–Trinajstić information content (AvgIpc) is 3.39. The molecule has 0 aliphatic carbocycles. The van der Waals surface area contributed by atoms with Crippen LogP contribution >= 0.6 is 0 Å². The van der Waals surface area contributed by atoms with Crippen molar-refractivity contribution >= 4 is 14.2 Å². The van der Waals surface area contributed by atoms with Crippen LogP contribution in [0.25, 0.3) is 11.1 Å². The van der Waals surface area contributed by atoms with Gasteiger partial charge in [0, 0.05) is 64.2 Å². The lowest BCUT2D eigenvalue weighted by molar-refractivity contribution is 0.0117. The quantitative estimate of drug-likeness (QED) is 0.254. The number of nitrogens with zero attached hydrogens (tertiary/aromatic N) is 4. The number of hydrogen-bond donors (Lipinski definition) is 0. The van der Waals surface area contributed by atoms with Gasteiger partial charge in [0.1, 0.15) is 11.5 Å². The Morgan fingerprint density at radius 1 is 1.12 bits per heavy atom. The van der Waals surface area contributed by atoms with Crippen LogP contribution in [0.5, 0.6) is 0 Å². The van der Waals surface area contributed by atoms with Crippen LogP contribution in [0.15, 0.2) is 55.0 Å². The smallest absolute Gasteiger partial charge is 0.274 e. The number of halogens is 1. The fourth-order valence-electron chi connectivity index (χ4n) is 5.68. The molecule has 2 saturated heterocycles. The second-order valence-electron chi connectivity index (χ2n) is 13.7. The highest BCUT2D eigenvalue weighted by Crippen LogP contribution is 2.38. The second kappa shape index (κ2) is 13.0. The number of carbonyl (C=O) groups is 1. The van der Waals surface area contributed by atoms with Crippen LogP contribution in [0, 0.1) is 5.82 Å². The van der Waals surface area contributed by atoms with Crippen molar-refractivity contribution in [1.29, 1.82) is 0 Å². The number of ether oxygens (including phenoxy) is 1. The number of aromatic nitrogens is 2. The summed E-state index contributed by atoms with van der Waals surface area (Å²) in [5.74, 6) is -0.369. The fraction of sp³-hybridized carbons (Fsp3) is 0.529. The Kier molecular flexibility index (Phi) is 9.56. The molecule has 0 atom stereocenters. The van der Waals surface area contributed by atoms with E-state index in [0.29, 0.717) is 37.1 Å². The number of aryl methyl sites for hydroxylation is 1. The molecule has 0 spiro atoms. The highest BCUT2D eigenvalue weighted by molar-refractivity contribution is 6.74. The normalized spacial score (nSPS) is 17.2. The van der Waals surface area contributed by atoms with E-state index in [1.54, 1.807) is 23.2 Å². The first-order valence-corrected chi connectivity index (χ1v) is 18.4. The third kappa shape index (κ3) is 7.63. The lowest BCUT2D eigenvalue weighted by Gasteiger charge is -2.46. The molecule has 0 radical (unpaired) electrons. The Bertz CT molecular complexity index is 1410. The van der Waals surface area contributed by atoms with Gasteiger partial charge in [-0.3, -0.25) is 9.69 Å². The molecule has 0 bridgehead atoms. The topological polar surface area (TPSA) is 59.8 Å². The summed E-state index contributed by atoms with van der Waals surface area (Å²) in [6.45, 7) is 16.0. The van der Waals surface area contributed by atoms with Crippen molar-refractivity contribution in [3.63, 3.8) is 0 Å². The molecule has 0 unspecified atom stereocenters. The minimum Gasteiger partial charge on any atom is -0.411 e. The van der Waals surface area contributed by atoms with Gasteiger partial charge in [0.05, 0.1) is 12.4 Å². The van der Waals surface area contributed by atoms with E-state index in [9.17, 15) is 4.79 Å². The zero-order valence-electron chi connectivity index (χ0n) is 26.6. The van der Waals surface area contributed by atoms with E-state index in [1.807, 2.05) is 30.1 Å². The maximum atomic E-state index is 15.2. The number of benzene rings is 2. The second-order valence-corrected chi connectivity index (χ2v) is 18.5. The van der Waals surface area contributed by atoms with Crippen molar-refractivity contribution in [3.8, 4) is 11.1 Å². The Balaban J connectivity index is 1.25. The standard InChI is InChI=1S/C34H47FN4O3Si/c1-34(2,3)43(5,6)42-29-21-38(22-29)15-12-25-8-7-9-27(18-25)30-19-26(10-11-31(30)35)20-39(28-13-16-41-17-14-28)33(40)32-23-37(4)24-36-32/h7-11,18-19,23-24,28-29H,12-17,20-22H2,1-6H3. The van der Waals surface area contributed by atoms with Crippen molar-refractivity contribution in [3.05, 3.63) is 77.6 Å². The number of amides is 1. The predicted molar refractivity (Wildman–Crippen MR) is 171 cm³/mol. The molecule has 9 heteroatoms. The van der Waals surface area contributed by atoms with Crippen molar-refractivity contribution in [1.82, 2.24) is 19.4 Å². The Labute approximate surface area is 257 Å². The molecule has 0 saturated carbocycles. The first-order chi connectivity index (χ1) is 20.4. The monoisotopic (exact) mass is 606 g/mol. The molecule has 5 rings (SSSR count). The highest BCUT2D eigenvalue weighted by Gasteiger charge is 2.41. The van der Waals surface area contributed by atoms with Crippen molar-refractivity contribution in [2.24, 2.45) is 7.05 Å². The number of imidazole rings is 1. The van der Waals surface area contributed by atoms with Gasteiger partial charge in [-0.25, -0.2) is 9.37 Å². The van der Waals surface area contributed by atoms with E-state index >= 15 is 4.39 Å². The van der Waals surface area contributed by atoms with Crippen LogP contribution in [0.2, 0.25) is 18.1 Å². The van der Waals surface area contributed by atoms with E-state index in [4.69, 9.17) is 9.16 Å². The molecule has 3 heterocycles. The molecular formula is C34H47FN4O3Si. The first-order valence-electron chi connectivity index (χ1n) is 15.5. The number of likely N-dealkylation sites (tertiary alicyclic amines) is 1. The number of hydrogen-bond acceptors (Lipinski definition) is 5. The van der Waals surface area contributed by atoms with Gasteiger partial charge in [-0.15, -0.1) is 0 Å². The average molecular weight is 607 g/mol. The van der Waals surface area contributed by atoms with Crippen molar-refractivity contribution in [2.75, 3.05) is 32.8 Å². The van der Waals surface area contributed by atoms with Crippen LogP contribution in [0.4, 0.5) is 4.39 Å². The predicted octanol–water partition coefficient (Wildman–Crippen LogP) is 6.30. The largest absolute Gasteiger partial charge is 0.411 e. The Hall–Kier alpha value is -2.85. The van der Waals surface area contributed by atoms with Gasteiger partial charge < -0.3 is 18.6 Å². The maximum absolute atomic E-state index is 15.2. The van der Waals surface area contributed by atoms with E-state index in [1.165, 1.54) is 11.6 Å². The molecule has 3 aromatic rings.